The van der Waals surface area contributed by atoms with E-state index in [1.165, 1.54) is 0 Å². The molecule has 1 aliphatic heterocycles. The molecule has 0 unspecified atom stereocenters. The maximum absolute atomic E-state index is 5.28. The average Bonchev–Trinajstić information content (AvgIpc) is 2.63. The van der Waals surface area contributed by atoms with Gasteiger partial charge in [0.25, 0.3) is 0 Å². The van der Waals surface area contributed by atoms with Crippen LogP contribution < -0.4 is 0 Å². The van der Waals surface area contributed by atoms with E-state index in [2.05, 4.69) is 25.9 Å². The number of morpholine rings is 1. The lowest BCUT2D eigenvalue weighted by molar-refractivity contribution is 0.0359. The number of rotatable bonds is 3. The van der Waals surface area contributed by atoms with E-state index < -0.39 is 0 Å². The van der Waals surface area contributed by atoms with Gasteiger partial charge in [-0.3, -0.25) is 9.58 Å². The van der Waals surface area contributed by atoms with E-state index in [4.69, 9.17) is 4.74 Å². The topological polar surface area (TPSA) is 30.3 Å². The Morgan fingerprint density at radius 3 is 2.79 bits per heavy atom. The van der Waals surface area contributed by atoms with Gasteiger partial charge < -0.3 is 4.74 Å². The highest BCUT2D eigenvalue weighted by molar-refractivity contribution is 9.10. The van der Waals surface area contributed by atoms with Gasteiger partial charge in [0.15, 0.2) is 0 Å². The van der Waals surface area contributed by atoms with E-state index in [-0.39, 0.29) is 0 Å². The molecule has 1 aromatic heterocycles. The Balaban J connectivity index is 1.76. The van der Waals surface area contributed by atoms with Gasteiger partial charge in [0.2, 0.25) is 0 Å². The van der Waals surface area contributed by atoms with Crippen LogP contribution in [0.5, 0.6) is 0 Å². The molecular weight excluding hydrogens is 246 g/mol. The van der Waals surface area contributed by atoms with Gasteiger partial charge >= 0.3 is 0 Å². The van der Waals surface area contributed by atoms with Crippen molar-refractivity contribution in [3.05, 3.63) is 16.9 Å². The van der Waals surface area contributed by atoms with Crippen molar-refractivity contribution in [3.63, 3.8) is 0 Å². The summed E-state index contributed by atoms with van der Waals surface area (Å²) in [6, 6.07) is 1.96. The first kappa shape index (κ1) is 10.1. The normalized spacial score (nSPS) is 18.6. The zero-order valence-corrected chi connectivity index (χ0v) is 9.61. The van der Waals surface area contributed by atoms with Crippen molar-refractivity contribution in [1.82, 2.24) is 14.7 Å². The summed E-state index contributed by atoms with van der Waals surface area (Å²) in [4.78, 5) is 2.40. The van der Waals surface area contributed by atoms with Gasteiger partial charge in [0.1, 0.15) is 4.60 Å². The van der Waals surface area contributed by atoms with Gasteiger partial charge in [-0.1, -0.05) is 0 Å². The lowest BCUT2D eigenvalue weighted by Crippen LogP contribution is -2.38. The Labute approximate surface area is 92.0 Å². The SMILES string of the molecule is Brc1ccn(CCN2CCOCC2)n1. The minimum absolute atomic E-state index is 0.864. The van der Waals surface area contributed by atoms with E-state index in [0.717, 1.165) is 44.0 Å². The molecule has 0 saturated carbocycles. The molecule has 4 nitrogen and oxygen atoms in total. The molecule has 0 N–H and O–H groups in total. The molecule has 0 amide bonds. The van der Waals surface area contributed by atoms with E-state index >= 15 is 0 Å². The molecule has 2 heterocycles. The Bertz CT molecular complexity index is 283. The minimum atomic E-state index is 0.864. The van der Waals surface area contributed by atoms with Crippen LogP contribution in [0.15, 0.2) is 16.9 Å². The number of hydrogen-bond acceptors (Lipinski definition) is 3. The number of aromatic nitrogens is 2. The fraction of sp³-hybridized carbons (Fsp3) is 0.667. The van der Waals surface area contributed by atoms with E-state index in [1.54, 1.807) is 0 Å². The highest BCUT2D eigenvalue weighted by Gasteiger charge is 2.09. The lowest BCUT2D eigenvalue weighted by atomic mass is 10.4. The van der Waals surface area contributed by atoms with Crippen LogP contribution in [0.2, 0.25) is 0 Å². The summed E-state index contributed by atoms with van der Waals surface area (Å²) in [5.41, 5.74) is 0. The largest absolute Gasteiger partial charge is 0.379 e. The summed E-state index contributed by atoms with van der Waals surface area (Å²) in [6.45, 7) is 5.82. The quantitative estimate of drug-likeness (QED) is 0.811. The first-order valence-electron chi connectivity index (χ1n) is 4.84. The molecule has 0 spiro atoms. The van der Waals surface area contributed by atoms with Crippen LogP contribution in [0.4, 0.5) is 0 Å². The molecule has 78 valence electrons. The third kappa shape index (κ3) is 2.80. The van der Waals surface area contributed by atoms with Crippen molar-refractivity contribution in [2.24, 2.45) is 0 Å². The number of hydrogen-bond donors (Lipinski definition) is 0. The van der Waals surface area contributed by atoms with Crippen LogP contribution in [0.1, 0.15) is 0 Å². The van der Waals surface area contributed by atoms with Crippen molar-refractivity contribution in [3.8, 4) is 0 Å². The molecule has 0 aromatic carbocycles. The third-order valence-electron chi connectivity index (χ3n) is 2.36. The van der Waals surface area contributed by atoms with Gasteiger partial charge in [-0.25, -0.2) is 0 Å². The third-order valence-corrected chi connectivity index (χ3v) is 2.78. The zero-order chi connectivity index (χ0) is 9.80. The number of nitrogens with zero attached hydrogens (tertiary/aromatic N) is 3. The van der Waals surface area contributed by atoms with Gasteiger partial charge in [-0.05, 0) is 22.0 Å². The van der Waals surface area contributed by atoms with Crippen LogP contribution in [-0.2, 0) is 11.3 Å². The lowest BCUT2D eigenvalue weighted by Gasteiger charge is -2.26. The molecule has 1 aliphatic rings. The fourth-order valence-electron chi connectivity index (χ4n) is 1.53. The Kier molecular flexibility index (Phi) is 3.55. The standard InChI is InChI=1S/C9H14BrN3O/c10-9-1-2-13(11-9)4-3-12-5-7-14-8-6-12/h1-2H,3-8H2. The van der Waals surface area contributed by atoms with Crippen LogP contribution in [0, 0.1) is 0 Å². The molecule has 1 fully saturated rings. The average molecular weight is 260 g/mol. The van der Waals surface area contributed by atoms with Gasteiger partial charge in [-0.2, -0.15) is 5.10 Å². The Morgan fingerprint density at radius 1 is 1.36 bits per heavy atom. The predicted octanol–water partition coefficient (Wildman–Crippen LogP) is 0.978. The summed E-state index contributed by atoms with van der Waals surface area (Å²) < 4.78 is 8.14. The van der Waals surface area contributed by atoms with Gasteiger partial charge in [-0.15, -0.1) is 0 Å². The van der Waals surface area contributed by atoms with Crippen molar-refractivity contribution in [1.29, 1.82) is 0 Å². The molecule has 2 rings (SSSR count). The highest BCUT2D eigenvalue weighted by Crippen LogP contribution is 2.04. The van der Waals surface area contributed by atoms with Gasteiger partial charge in [0.05, 0.1) is 19.8 Å². The molecule has 5 heteroatoms. The van der Waals surface area contributed by atoms with Crippen LogP contribution in [0.3, 0.4) is 0 Å². The molecular formula is C9H14BrN3O. The second-order valence-electron chi connectivity index (χ2n) is 3.36. The summed E-state index contributed by atoms with van der Waals surface area (Å²) in [5, 5.41) is 4.27. The monoisotopic (exact) mass is 259 g/mol. The maximum atomic E-state index is 5.28. The number of ether oxygens (including phenoxy) is 1. The van der Waals surface area contributed by atoms with Crippen LogP contribution in [-0.4, -0.2) is 47.5 Å². The van der Waals surface area contributed by atoms with Crippen LogP contribution >= 0.6 is 15.9 Å². The maximum Gasteiger partial charge on any atom is 0.128 e. The van der Waals surface area contributed by atoms with Crippen molar-refractivity contribution in [2.75, 3.05) is 32.8 Å². The van der Waals surface area contributed by atoms with Crippen LogP contribution in [0.25, 0.3) is 0 Å². The van der Waals surface area contributed by atoms with Gasteiger partial charge in [0, 0.05) is 25.8 Å². The summed E-state index contributed by atoms with van der Waals surface area (Å²) in [7, 11) is 0. The molecule has 14 heavy (non-hydrogen) atoms. The highest BCUT2D eigenvalue weighted by atomic mass is 79.9. The van der Waals surface area contributed by atoms with Crippen molar-refractivity contribution in [2.45, 2.75) is 6.54 Å². The molecule has 0 bridgehead atoms. The Morgan fingerprint density at radius 2 is 2.14 bits per heavy atom. The Hall–Kier alpha value is -0.390. The molecule has 0 atom stereocenters. The van der Waals surface area contributed by atoms with E-state index in [1.807, 2.05) is 16.9 Å². The van der Waals surface area contributed by atoms with Crippen molar-refractivity contribution < 1.29 is 4.74 Å². The molecule has 1 aromatic rings. The van der Waals surface area contributed by atoms with E-state index in [9.17, 15) is 0 Å². The zero-order valence-electron chi connectivity index (χ0n) is 8.03. The molecule has 0 aliphatic carbocycles. The molecule has 0 radical (unpaired) electrons. The second kappa shape index (κ2) is 4.91. The number of halogens is 1. The second-order valence-corrected chi connectivity index (χ2v) is 4.17. The first-order chi connectivity index (χ1) is 6.84. The summed E-state index contributed by atoms with van der Waals surface area (Å²) >= 11 is 3.33. The first-order valence-corrected chi connectivity index (χ1v) is 5.63. The summed E-state index contributed by atoms with van der Waals surface area (Å²) in [6.07, 6.45) is 1.99. The minimum Gasteiger partial charge on any atom is -0.379 e. The summed E-state index contributed by atoms with van der Waals surface area (Å²) in [5.74, 6) is 0. The molecule has 1 saturated heterocycles. The predicted molar refractivity (Wildman–Crippen MR) is 57.2 cm³/mol. The smallest absolute Gasteiger partial charge is 0.128 e. The van der Waals surface area contributed by atoms with Crippen molar-refractivity contribution >= 4 is 15.9 Å². The van der Waals surface area contributed by atoms with E-state index in [0.29, 0.717) is 0 Å². The fourth-order valence-corrected chi connectivity index (χ4v) is 1.85.